The van der Waals surface area contributed by atoms with E-state index in [9.17, 15) is 0 Å². The summed E-state index contributed by atoms with van der Waals surface area (Å²) in [5.74, 6) is 2.26. The maximum atomic E-state index is 9.03. The molecule has 0 saturated carbocycles. The summed E-state index contributed by atoms with van der Waals surface area (Å²) in [7, 11) is 0. The van der Waals surface area contributed by atoms with Crippen molar-refractivity contribution in [1.82, 2.24) is 9.88 Å². The maximum Gasteiger partial charge on any atom is 0.129 e. The van der Waals surface area contributed by atoms with Gasteiger partial charge in [-0.3, -0.25) is 0 Å². The number of anilines is 1. The molecule has 0 amide bonds. The first kappa shape index (κ1) is 16.0. The molecule has 0 bridgehead atoms. The predicted octanol–water partition coefficient (Wildman–Crippen LogP) is 1.98. The van der Waals surface area contributed by atoms with Gasteiger partial charge in [-0.25, -0.2) is 4.98 Å². The van der Waals surface area contributed by atoms with Gasteiger partial charge in [0, 0.05) is 37.3 Å². The normalized spacial score (nSPS) is 19.7. The van der Waals surface area contributed by atoms with Crippen LogP contribution in [0.1, 0.15) is 26.7 Å². The predicted molar refractivity (Wildman–Crippen MR) is 84.7 cm³/mol. The molecule has 1 aliphatic rings. The lowest BCUT2D eigenvalue weighted by Crippen LogP contribution is -2.39. The summed E-state index contributed by atoms with van der Waals surface area (Å²) in [6, 6.07) is 4.21. The van der Waals surface area contributed by atoms with Crippen molar-refractivity contribution in [2.45, 2.75) is 32.7 Å². The molecule has 0 aromatic carbocycles. The van der Waals surface area contributed by atoms with E-state index in [0.29, 0.717) is 12.0 Å². The van der Waals surface area contributed by atoms with Gasteiger partial charge in [-0.1, -0.05) is 0 Å². The van der Waals surface area contributed by atoms with Crippen LogP contribution < -0.4 is 10.1 Å². The monoisotopic (exact) mass is 293 g/mol. The summed E-state index contributed by atoms with van der Waals surface area (Å²) in [5, 5.41) is 12.3. The lowest BCUT2D eigenvalue weighted by atomic mass is 9.99. The zero-order valence-electron chi connectivity index (χ0n) is 13.1. The fraction of sp³-hybridized carbons (Fsp3) is 0.688. The van der Waals surface area contributed by atoms with Gasteiger partial charge < -0.3 is 20.1 Å². The third-order valence-electron chi connectivity index (χ3n) is 3.67. The molecule has 5 heteroatoms. The number of aliphatic hydroxyl groups excluding tert-OH is 1. The molecule has 21 heavy (non-hydrogen) atoms. The number of piperidine rings is 1. The summed E-state index contributed by atoms with van der Waals surface area (Å²) >= 11 is 0. The number of hydrogen-bond acceptors (Lipinski definition) is 5. The molecule has 1 aromatic rings. The first-order valence-corrected chi connectivity index (χ1v) is 7.86. The molecule has 1 fully saturated rings. The van der Waals surface area contributed by atoms with Gasteiger partial charge in [0.05, 0.1) is 13.2 Å². The Morgan fingerprint density at radius 3 is 3.14 bits per heavy atom. The van der Waals surface area contributed by atoms with E-state index in [1.54, 1.807) is 6.20 Å². The summed E-state index contributed by atoms with van der Waals surface area (Å²) < 4.78 is 5.93. The minimum Gasteiger partial charge on any atom is -0.493 e. The molecule has 2 rings (SSSR count). The van der Waals surface area contributed by atoms with E-state index in [0.717, 1.165) is 37.8 Å². The molecule has 2 heterocycles. The van der Waals surface area contributed by atoms with Crippen molar-refractivity contribution in [3.63, 3.8) is 0 Å². The summed E-state index contributed by atoms with van der Waals surface area (Å²) in [6.45, 7) is 8.03. The Labute approximate surface area is 127 Å². The highest BCUT2D eigenvalue weighted by atomic mass is 16.5. The quantitative estimate of drug-likeness (QED) is 0.805. The number of likely N-dealkylation sites (tertiary alicyclic amines) is 1. The second-order valence-electron chi connectivity index (χ2n) is 6.02. The number of nitrogens with zero attached hydrogens (tertiary/aromatic N) is 2. The number of β-amino-alcohol motifs (C(OH)–C–C–N with tert-alkyl or cyclic N) is 1. The maximum absolute atomic E-state index is 9.03. The number of ether oxygens (including phenoxy) is 1. The van der Waals surface area contributed by atoms with Crippen LogP contribution in [-0.4, -0.2) is 53.9 Å². The lowest BCUT2D eigenvalue weighted by Gasteiger charge is -2.32. The van der Waals surface area contributed by atoms with E-state index < -0.39 is 0 Å². The van der Waals surface area contributed by atoms with Crippen LogP contribution in [0.2, 0.25) is 0 Å². The molecule has 1 atom stereocenters. The highest BCUT2D eigenvalue weighted by molar-refractivity contribution is 5.41. The topological polar surface area (TPSA) is 57.6 Å². The Balaban J connectivity index is 1.82. The van der Waals surface area contributed by atoms with Crippen molar-refractivity contribution in [2.24, 2.45) is 5.92 Å². The van der Waals surface area contributed by atoms with Gasteiger partial charge in [-0.2, -0.15) is 0 Å². The molecule has 1 saturated heterocycles. The Bertz CT molecular complexity index is 424. The number of pyridine rings is 1. The Morgan fingerprint density at radius 1 is 1.52 bits per heavy atom. The molecular weight excluding hydrogens is 266 g/mol. The smallest absolute Gasteiger partial charge is 0.129 e. The fourth-order valence-electron chi connectivity index (χ4n) is 2.72. The van der Waals surface area contributed by atoms with E-state index >= 15 is 0 Å². The average molecular weight is 293 g/mol. The van der Waals surface area contributed by atoms with Crippen molar-refractivity contribution in [3.8, 4) is 5.75 Å². The van der Waals surface area contributed by atoms with Gasteiger partial charge in [-0.15, -0.1) is 0 Å². The van der Waals surface area contributed by atoms with Gasteiger partial charge in [0.25, 0.3) is 0 Å². The lowest BCUT2D eigenvalue weighted by molar-refractivity contribution is 0.111. The summed E-state index contributed by atoms with van der Waals surface area (Å²) in [4.78, 5) is 6.60. The second-order valence-corrected chi connectivity index (χ2v) is 6.02. The molecule has 1 aromatic heterocycles. The van der Waals surface area contributed by atoms with Crippen LogP contribution in [0.15, 0.2) is 18.3 Å². The van der Waals surface area contributed by atoms with E-state index in [-0.39, 0.29) is 6.61 Å². The van der Waals surface area contributed by atoms with Gasteiger partial charge >= 0.3 is 0 Å². The average Bonchev–Trinajstić information content (AvgIpc) is 2.46. The van der Waals surface area contributed by atoms with E-state index in [1.807, 2.05) is 12.1 Å². The molecule has 5 nitrogen and oxygen atoms in total. The second kappa shape index (κ2) is 8.20. The van der Waals surface area contributed by atoms with E-state index in [1.165, 1.54) is 12.8 Å². The van der Waals surface area contributed by atoms with Crippen LogP contribution in [0.5, 0.6) is 5.75 Å². The van der Waals surface area contributed by atoms with Crippen LogP contribution in [0, 0.1) is 5.92 Å². The number of aromatic nitrogens is 1. The van der Waals surface area contributed by atoms with Crippen molar-refractivity contribution in [3.05, 3.63) is 18.3 Å². The van der Waals surface area contributed by atoms with E-state index in [4.69, 9.17) is 9.84 Å². The Kier molecular flexibility index (Phi) is 6.26. The molecule has 1 aliphatic heterocycles. The van der Waals surface area contributed by atoms with Crippen molar-refractivity contribution >= 4 is 5.82 Å². The van der Waals surface area contributed by atoms with Crippen molar-refractivity contribution in [2.75, 3.05) is 38.2 Å². The van der Waals surface area contributed by atoms with Crippen LogP contribution in [0.4, 0.5) is 5.82 Å². The van der Waals surface area contributed by atoms with Gasteiger partial charge in [0.1, 0.15) is 11.6 Å². The van der Waals surface area contributed by atoms with Gasteiger partial charge in [0.15, 0.2) is 0 Å². The summed E-state index contributed by atoms with van der Waals surface area (Å²) in [6.07, 6.45) is 4.16. The zero-order valence-corrected chi connectivity index (χ0v) is 13.1. The minimum atomic E-state index is 0.238. The first-order chi connectivity index (χ1) is 10.2. The van der Waals surface area contributed by atoms with Crippen LogP contribution in [0.25, 0.3) is 0 Å². The largest absolute Gasteiger partial charge is 0.493 e. The molecule has 0 radical (unpaired) electrons. The molecular formula is C16H27N3O2. The number of hydrogen-bond donors (Lipinski definition) is 2. The number of rotatable bonds is 7. The van der Waals surface area contributed by atoms with Crippen molar-refractivity contribution in [1.29, 1.82) is 0 Å². The molecule has 0 unspecified atom stereocenters. The van der Waals surface area contributed by atoms with Crippen LogP contribution in [-0.2, 0) is 0 Å². The Morgan fingerprint density at radius 2 is 2.38 bits per heavy atom. The molecule has 118 valence electrons. The fourth-order valence-corrected chi connectivity index (χ4v) is 2.72. The third kappa shape index (κ3) is 5.52. The highest BCUT2D eigenvalue weighted by Gasteiger charge is 2.20. The zero-order chi connectivity index (χ0) is 15.1. The SMILES string of the molecule is CC(C)Nc1cc(OC[C@@H]2CCCN(CCO)C2)ccn1. The van der Waals surface area contributed by atoms with Gasteiger partial charge in [-0.05, 0) is 39.3 Å². The highest BCUT2D eigenvalue weighted by Crippen LogP contribution is 2.20. The molecule has 2 N–H and O–H groups in total. The van der Waals surface area contributed by atoms with Gasteiger partial charge in [0.2, 0.25) is 0 Å². The first-order valence-electron chi connectivity index (χ1n) is 7.86. The Hall–Kier alpha value is -1.33. The van der Waals surface area contributed by atoms with E-state index in [2.05, 4.69) is 29.0 Å². The van der Waals surface area contributed by atoms with Crippen LogP contribution in [0.3, 0.4) is 0 Å². The third-order valence-corrected chi connectivity index (χ3v) is 3.67. The van der Waals surface area contributed by atoms with Crippen molar-refractivity contribution < 1.29 is 9.84 Å². The van der Waals surface area contributed by atoms with Crippen LogP contribution >= 0.6 is 0 Å². The molecule has 0 spiro atoms. The standard InChI is InChI=1S/C16H27N3O2/c1-13(2)18-16-10-15(5-6-17-16)21-12-14-4-3-7-19(11-14)8-9-20/h5-6,10,13-14,20H,3-4,7-9,11-12H2,1-2H3,(H,17,18)/t14-/m1/s1. The molecule has 0 aliphatic carbocycles. The summed E-state index contributed by atoms with van der Waals surface area (Å²) in [5.41, 5.74) is 0. The number of nitrogens with one attached hydrogen (secondary N) is 1. The number of aliphatic hydroxyl groups is 1. The minimum absolute atomic E-state index is 0.238.